The van der Waals surface area contributed by atoms with E-state index in [-0.39, 0.29) is 22.8 Å². The Hall–Kier alpha value is -3.75. The fourth-order valence-corrected chi connectivity index (χ4v) is 2.61. The average molecular weight is 381 g/mol. The number of nitrogens with zero attached hydrogens (tertiary/aromatic N) is 4. The van der Waals surface area contributed by atoms with Gasteiger partial charge in [-0.25, -0.2) is 9.67 Å². The lowest BCUT2D eigenvalue weighted by Crippen LogP contribution is -2.25. The van der Waals surface area contributed by atoms with Crippen LogP contribution in [0.4, 0.5) is 5.69 Å². The van der Waals surface area contributed by atoms with Crippen LogP contribution in [-0.4, -0.2) is 38.7 Å². The van der Waals surface area contributed by atoms with Crippen LogP contribution in [0.5, 0.6) is 5.75 Å². The number of hydrogen-bond acceptors (Lipinski definition) is 6. The van der Waals surface area contributed by atoms with Crippen LogP contribution in [0, 0.1) is 17.0 Å². The van der Waals surface area contributed by atoms with E-state index in [1.54, 1.807) is 0 Å². The van der Waals surface area contributed by atoms with Crippen LogP contribution in [0.2, 0.25) is 0 Å². The normalized spacial score (nSPS) is 10.5. The highest BCUT2D eigenvalue weighted by Crippen LogP contribution is 2.23. The lowest BCUT2D eigenvalue weighted by molar-refractivity contribution is -0.384. The lowest BCUT2D eigenvalue weighted by Gasteiger charge is -2.09. The van der Waals surface area contributed by atoms with Crippen LogP contribution >= 0.6 is 0 Å². The summed E-state index contributed by atoms with van der Waals surface area (Å²) in [7, 11) is 0. The van der Waals surface area contributed by atoms with Crippen LogP contribution in [-0.2, 0) is 0 Å². The third-order valence-electron chi connectivity index (χ3n) is 3.96. The van der Waals surface area contributed by atoms with Gasteiger partial charge in [-0.05, 0) is 43.2 Å². The molecule has 9 nitrogen and oxygen atoms in total. The Bertz CT molecular complexity index is 972. The second-order valence-electron chi connectivity index (χ2n) is 6.08. The molecule has 1 aromatic heterocycles. The van der Waals surface area contributed by atoms with Crippen molar-refractivity contribution in [1.29, 1.82) is 0 Å². The summed E-state index contributed by atoms with van der Waals surface area (Å²) in [6, 6.07) is 11.9. The zero-order chi connectivity index (χ0) is 19.9. The van der Waals surface area contributed by atoms with Crippen LogP contribution < -0.4 is 10.1 Å². The Balaban J connectivity index is 1.55. The van der Waals surface area contributed by atoms with Gasteiger partial charge in [0, 0.05) is 18.2 Å². The van der Waals surface area contributed by atoms with Gasteiger partial charge < -0.3 is 10.1 Å². The van der Waals surface area contributed by atoms with Crippen molar-refractivity contribution >= 4 is 11.6 Å². The van der Waals surface area contributed by atoms with E-state index in [1.165, 1.54) is 35.5 Å². The van der Waals surface area contributed by atoms with Crippen LogP contribution in [0.3, 0.4) is 0 Å². The van der Waals surface area contributed by atoms with Gasteiger partial charge in [0.2, 0.25) is 0 Å². The van der Waals surface area contributed by atoms with Crippen molar-refractivity contribution in [2.24, 2.45) is 0 Å². The molecule has 144 valence electrons. The topological polar surface area (TPSA) is 112 Å². The van der Waals surface area contributed by atoms with Gasteiger partial charge in [0.15, 0.2) is 0 Å². The third-order valence-corrected chi connectivity index (χ3v) is 3.96. The van der Waals surface area contributed by atoms with E-state index in [9.17, 15) is 14.9 Å². The molecule has 0 unspecified atom stereocenters. The first kappa shape index (κ1) is 19.0. The highest BCUT2D eigenvalue weighted by Gasteiger charge is 2.19. The minimum atomic E-state index is -0.552. The summed E-state index contributed by atoms with van der Waals surface area (Å²) < 4.78 is 6.91. The van der Waals surface area contributed by atoms with Crippen molar-refractivity contribution in [3.05, 3.63) is 76.4 Å². The minimum Gasteiger partial charge on any atom is -0.494 e. The monoisotopic (exact) mass is 381 g/mol. The Morgan fingerprint density at radius 2 is 2.14 bits per heavy atom. The molecule has 9 heteroatoms. The molecular weight excluding hydrogens is 362 g/mol. The highest BCUT2D eigenvalue weighted by molar-refractivity contribution is 5.95. The predicted octanol–water partition coefficient (Wildman–Crippen LogP) is 2.68. The van der Waals surface area contributed by atoms with Gasteiger partial charge in [-0.1, -0.05) is 12.1 Å². The predicted molar refractivity (Wildman–Crippen MR) is 102 cm³/mol. The number of amides is 1. The molecule has 0 aliphatic heterocycles. The van der Waals surface area contributed by atoms with Gasteiger partial charge in [-0.15, -0.1) is 0 Å². The summed E-state index contributed by atoms with van der Waals surface area (Å²) in [5.41, 5.74) is 1.34. The first-order valence-electron chi connectivity index (χ1n) is 8.66. The summed E-state index contributed by atoms with van der Waals surface area (Å²) >= 11 is 0. The zero-order valence-corrected chi connectivity index (χ0v) is 15.2. The van der Waals surface area contributed by atoms with E-state index < -0.39 is 4.92 Å². The first-order valence-corrected chi connectivity index (χ1v) is 8.66. The Kier molecular flexibility index (Phi) is 5.95. The Morgan fingerprint density at radius 3 is 2.86 bits per heavy atom. The molecule has 0 aliphatic rings. The standard InChI is InChI=1S/C19H19N5O4/c1-14-4-2-5-16(10-14)28-9-3-8-21-19(25)15-6-7-17(18(11-15)24(26)27)23-13-20-12-22-23/h2,4-7,10-13H,3,8-9H2,1H3,(H,21,25). The molecule has 0 spiro atoms. The SMILES string of the molecule is Cc1cccc(OCCCNC(=O)c2ccc(-n3cncn3)c([N+](=O)[O-])c2)c1. The molecule has 0 fully saturated rings. The number of nitro benzene ring substituents is 1. The number of ether oxygens (including phenoxy) is 1. The van der Waals surface area contributed by atoms with Crippen LogP contribution in [0.15, 0.2) is 55.1 Å². The zero-order valence-electron chi connectivity index (χ0n) is 15.2. The van der Waals surface area contributed by atoms with Gasteiger partial charge in [0.1, 0.15) is 24.1 Å². The number of carbonyl (C=O) groups is 1. The highest BCUT2D eigenvalue weighted by atomic mass is 16.6. The van der Waals surface area contributed by atoms with Crippen LogP contribution in [0.1, 0.15) is 22.3 Å². The number of hydrogen-bond donors (Lipinski definition) is 1. The summed E-state index contributed by atoms with van der Waals surface area (Å²) in [6.45, 7) is 2.83. The van der Waals surface area contributed by atoms with Gasteiger partial charge in [0.25, 0.3) is 11.6 Å². The first-order chi connectivity index (χ1) is 13.5. The molecule has 1 amide bonds. The second-order valence-corrected chi connectivity index (χ2v) is 6.08. The Labute approximate surface area is 161 Å². The maximum absolute atomic E-state index is 12.3. The summed E-state index contributed by atoms with van der Waals surface area (Å²) in [6.07, 6.45) is 3.25. The number of carbonyl (C=O) groups excluding carboxylic acids is 1. The number of rotatable bonds is 8. The average Bonchev–Trinajstić information content (AvgIpc) is 3.21. The van der Waals surface area contributed by atoms with Crippen molar-refractivity contribution in [1.82, 2.24) is 20.1 Å². The molecule has 0 aliphatic carbocycles. The third kappa shape index (κ3) is 4.70. The molecule has 0 saturated carbocycles. The molecule has 3 rings (SSSR count). The van der Waals surface area contributed by atoms with Crippen LogP contribution in [0.25, 0.3) is 5.69 Å². The summed E-state index contributed by atoms with van der Waals surface area (Å²) in [4.78, 5) is 26.9. The van der Waals surface area contributed by atoms with Crippen molar-refractivity contribution in [3.8, 4) is 11.4 Å². The largest absolute Gasteiger partial charge is 0.494 e. The number of aromatic nitrogens is 3. The fraction of sp³-hybridized carbons (Fsp3) is 0.211. The van der Waals surface area contributed by atoms with Gasteiger partial charge in [0.05, 0.1) is 11.5 Å². The number of benzene rings is 2. The fourth-order valence-electron chi connectivity index (χ4n) is 2.61. The molecule has 0 radical (unpaired) electrons. The van der Waals surface area contributed by atoms with Gasteiger partial charge in [-0.3, -0.25) is 14.9 Å². The minimum absolute atomic E-state index is 0.204. The molecule has 0 bridgehead atoms. The molecule has 0 saturated heterocycles. The van der Waals surface area contributed by atoms with E-state index in [0.717, 1.165) is 11.3 Å². The van der Waals surface area contributed by atoms with Crippen molar-refractivity contribution in [3.63, 3.8) is 0 Å². The number of nitro groups is 1. The Morgan fingerprint density at radius 1 is 1.29 bits per heavy atom. The molecule has 0 atom stereocenters. The van der Waals surface area contributed by atoms with Gasteiger partial charge in [-0.2, -0.15) is 5.10 Å². The molecule has 28 heavy (non-hydrogen) atoms. The number of aryl methyl sites for hydroxylation is 1. The smallest absolute Gasteiger partial charge is 0.295 e. The maximum Gasteiger partial charge on any atom is 0.295 e. The summed E-state index contributed by atoms with van der Waals surface area (Å²) in [5, 5.41) is 18.0. The van der Waals surface area contributed by atoms with Gasteiger partial charge >= 0.3 is 0 Å². The summed E-state index contributed by atoms with van der Waals surface area (Å²) in [5.74, 6) is 0.398. The van der Waals surface area contributed by atoms with E-state index in [1.807, 2.05) is 31.2 Å². The van der Waals surface area contributed by atoms with Crippen molar-refractivity contribution in [2.75, 3.05) is 13.2 Å². The molecule has 3 aromatic rings. The lowest BCUT2D eigenvalue weighted by atomic mass is 10.1. The van der Waals surface area contributed by atoms with Crippen molar-refractivity contribution < 1.29 is 14.5 Å². The number of nitrogens with one attached hydrogen (secondary N) is 1. The van der Waals surface area contributed by atoms with E-state index >= 15 is 0 Å². The molecule has 2 aromatic carbocycles. The molecule has 1 N–H and O–H groups in total. The van der Waals surface area contributed by atoms with E-state index in [4.69, 9.17) is 4.74 Å². The maximum atomic E-state index is 12.3. The van der Waals surface area contributed by atoms with E-state index in [2.05, 4.69) is 15.4 Å². The van der Waals surface area contributed by atoms with E-state index in [0.29, 0.717) is 19.6 Å². The quantitative estimate of drug-likeness (QED) is 0.365. The van der Waals surface area contributed by atoms with Crippen molar-refractivity contribution in [2.45, 2.75) is 13.3 Å². The molecular formula is C19H19N5O4. The molecule has 1 heterocycles. The second kappa shape index (κ2) is 8.76.